The molecule has 156 valence electrons. The van der Waals surface area contributed by atoms with E-state index in [0.29, 0.717) is 13.1 Å². The van der Waals surface area contributed by atoms with Gasteiger partial charge in [-0.3, -0.25) is 14.5 Å². The van der Waals surface area contributed by atoms with Gasteiger partial charge in [0, 0.05) is 13.1 Å². The van der Waals surface area contributed by atoms with Crippen molar-refractivity contribution in [2.75, 3.05) is 25.0 Å². The van der Waals surface area contributed by atoms with Crippen molar-refractivity contribution in [1.29, 1.82) is 0 Å². The Morgan fingerprint density at radius 1 is 1.24 bits per heavy atom. The van der Waals surface area contributed by atoms with Crippen LogP contribution < -0.4 is 10.6 Å². The monoisotopic (exact) mass is 397 g/mol. The molecule has 0 bridgehead atoms. The topological polar surface area (TPSA) is 79.3 Å². The van der Waals surface area contributed by atoms with Crippen LogP contribution in [0.15, 0.2) is 24.3 Å². The minimum atomic E-state index is -0.652. The molecule has 1 saturated heterocycles. The van der Waals surface area contributed by atoms with Crippen molar-refractivity contribution in [3.05, 3.63) is 41.2 Å². The van der Waals surface area contributed by atoms with Gasteiger partial charge in [0.25, 0.3) is 0 Å². The molecule has 2 heterocycles. The SMILES string of the molecule is CCC[C@@]1(C)C(=O)NCCN1CC(=O)Nc1c(C)nn(-c2ccc(C)cc2)c1C. The first-order valence-corrected chi connectivity index (χ1v) is 10.2. The molecule has 7 heteroatoms. The van der Waals surface area contributed by atoms with Gasteiger partial charge in [-0.25, -0.2) is 4.68 Å². The predicted octanol–water partition coefficient (Wildman–Crippen LogP) is 2.73. The molecule has 0 spiro atoms. The van der Waals surface area contributed by atoms with Crippen molar-refractivity contribution in [3.8, 4) is 5.69 Å². The standard InChI is InChI=1S/C22H31N5O2/c1-6-11-22(5)21(29)23-12-13-26(22)14-19(28)24-20-16(3)25-27(17(20)4)18-9-7-15(2)8-10-18/h7-10H,6,11-14H2,1-5H3,(H,23,29)(H,24,28)/t22-/m0/s1. The van der Waals surface area contributed by atoms with Crippen LogP contribution in [-0.4, -0.2) is 51.7 Å². The highest BCUT2D eigenvalue weighted by Gasteiger charge is 2.41. The molecular formula is C22H31N5O2. The number of benzene rings is 1. The maximum absolute atomic E-state index is 12.9. The normalized spacial score (nSPS) is 19.8. The number of nitrogens with one attached hydrogen (secondary N) is 2. The first kappa shape index (κ1) is 21.0. The number of amides is 2. The number of carbonyl (C=O) groups excluding carboxylic acids is 2. The van der Waals surface area contributed by atoms with Crippen molar-refractivity contribution >= 4 is 17.5 Å². The molecule has 1 aromatic carbocycles. The van der Waals surface area contributed by atoms with Crippen LogP contribution >= 0.6 is 0 Å². The molecule has 0 saturated carbocycles. The quantitative estimate of drug-likeness (QED) is 0.786. The van der Waals surface area contributed by atoms with Crippen LogP contribution in [0.5, 0.6) is 0 Å². The van der Waals surface area contributed by atoms with E-state index in [9.17, 15) is 9.59 Å². The Bertz CT molecular complexity index is 903. The molecule has 1 aromatic heterocycles. The number of carbonyl (C=O) groups is 2. The third-order valence-corrected chi connectivity index (χ3v) is 5.76. The molecule has 0 unspecified atom stereocenters. The number of aromatic nitrogens is 2. The molecule has 1 atom stereocenters. The molecule has 2 amide bonds. The smallest absolute Gasteiger partial charge is 0.240 e. The van der Waals surface area contributed by atoms with E-state index in [1.165, 1.54) is 5.56 Å². The highest BCUT2D eigenvalue weighted by Crippen LogP contribution is 2.26. The second-order valence-corrected chi connectivity index (χ2v) is 8.04. The minimum absolute atomic E-state index is 0.00190. The van der Waals surface area contributed by atoms with Crippen molar-refractivity contribution in [2.45, 2.75) is 53.0 Å². The maximum atomic E-state index is 12.9. The Hall–Kier alpha value is -2.67. The van der Waals surface area contributed by atoms with E-state index in [-0.39, 0.29) is 18.4 Å². The van der Waals surface area contributed by atoms with Gasteiger partial charge < -0.3 is 10.6 Å². The fraction of sp³-hybridized carbons (Fsp3) is 0.500. The summed E-state index contributed by atoms with van der Waals surface area (Å²) in [4.78, 5) is 27.3. The molecule has 1 aliphatic heterocycles. The van der Waals surface area contributed by atoms with Gasteiger partial charge in [-0.15, -0.1) is 0 Å². The van der Waals surface area contributed by atoms with E-state index in [2.05, 4.69) is 22.7 Å². The Kier molecular flexibility index (Phi) is 6.07. The summed E-state index contributed by atoms with van der Waals surface area (Å²) in [5.41, 5.74) is 3.87. The van der Waals surface area contributed by atoms with E-state index in [1.54, 1.807) is 0 Å². The average molecular weight is 398 g/mol. The molecule has 0 radical (unpaired) electrons. The van der Waals surface area contributed by atoms with Gasteiger partial charge in [-0.1, -0.05) is 31.0 Å². The molecule has 29 heavy (non-hydrogen) atoms. The van der Waals surface area contributed by atoms with Crippen LogP contribution in [0, 0.1) is 20.8 Å². The molecule has 0 aliphatic carbocycles. The Morgan fingerprint density at radius 2 is 1.93 bits per heavy atom. The minimum Gasteiger partial charge on any atom is -0.353 e. The number of anilines is 1. The van der Waals surface area contributed by atoms with Crippen LogP contribution in [0.2, 0.25) is 0 Å². The lowest BCUT2D eigenvalue weighted by atomic mass is 9.90. The van der Waals surface area contributed by atoms with E-state index >= 15 is 0 Å². The van der Waals surface area contributed by atoms with E-state index in [0.717, 1.165) is 35.6 Å². The number of hydrogen-bond acceptors (Lipinski definition) is 4. The largest absolute Gasteiger partial charge is 0.353 e. The fourth-order valence-electron chi connectivity index (χ4n) is 4.01. The zero-order valence-corrected chi connectivity index (χ0v) is 18.0. The van der Waals surface area contributed by atoms with Crippen molar-refractivity contribution in [3.63, 3.8) is 0 Å². The van der Waals surface area contributed by atoms with Gasteiger partial charge in [-0.2, -0.15) is 5.10 Å². The summed E-state index contributed by atoms with van der Waals surface area (Å²) in [5.74, 6) is -0.130. The Morgan fingerprint density at radius 3 is 2.59 bits per heavy atom. The van der Waals surface area contributed by atoms with E-state index < -0.39 is 5.54 Å². The Balaban J connectivity index is 1.77. The molecule has 1 aliphatic rings. The molecular weight excluding hydrogens is 366 g/mol. The summed E-state index contributed by atoms with van der Waals surface area (Å²) < 4.78 is 1.85. The lowest BCUT2D eigenvalue weighted by Gasteiger charge is -2.43. The highest BCUT2D eigenvalue weighted by atomic mass is 16.2. The lowest BCUT2D eigenvalue weighted by Crippen LogP contribution is -2.64. The fourth-order valence-corrected chi connectivity index (χ4v) is 4.01. The van der Waals surface area contributed by atoms with Crippen molar-refractivity contribution in [1.82, 2.24) is 20.0 Å². The first-order valence-electron chi connectivity index (χ1n) is 10.2. The number of rotatable bonds is 6. The van der Waals surface area contributed by atoms with Gasteiger partial charge in [0.1, 0.15) is 0 Å². The van der Waals surface area contributed by atoms with Gasteiger partial charge in [0.05, 0.1) is 34.8 Å². The van der Waals surface area contributed by atoms with Crippen LogP contribution in [-0.2, 0) is 9.59 Å². The number of aryl methyl sites for hydroxylation is 2. The summed E-state index contributed by atoms with van der Waals surface area (Å²) >= 11 is 0. The zero-order valence-electron chi connectivity index (χ0n) is 18.0. The summed E-state index contributed by atoms with van der Waals surface area (Å²) in [5, 5.41) is 10.6. The highest BCUT2D eigenvalue weighted by molar-refractivity contribution is 5.94. The van der Waals surface area contributed by atoms with Crippen LogP contribution in [0.25, 0.3) is 5.69 Å². The molecule has 7 nitrogen and oxygen atoms in total. The number of piperazine rings is 1. The summed E-state index contributed by atoms with van der Waals surface area (Å²) in [6.07, 6.45) is 1.60. The van der Waals surface area contributed by atoms with Crippen LogP contribution in [0.3, 0.4) is 0 Å². The lowest BCUT2D eigenvalue weighted by molar-refractivity contribution is -0.138. The number of hydrogen-bond donors (Lipinski definition) is 2. The second-order valence-electron chi connectivity index (χ2n) is 8.04. The molecule has 2 N–H and O–H groups in total. The van der Waals surface area contributed by atoms with Crippen LogP contribution in [0.4, 0.5) is 5.69 Å². The van der Waals surface area contributed by atoms with E-state index in [1.807, 2.05) is 61.5 Å². The summed E-state index contributed by atoms with van der Waals surface area (Å²) in [7, 11) is 0. The summed E-state index contributed by atoms with van der Waals surface area (Å²) in [6, 6.07) is 8.12. The van der Waals surface area contributed by atoms with Crippen molar-refractivity contribution < 1.29 is 9.59 Å². The number of nitrogens with zero attached hydrogens (tertiary/aromatic N) is 3. The van der Waals surface area contributed by atoms with Crippen LogP contribution in [0.1, 0.15) is 43.6 Å². The molecule has 2 aromatic rings. The van der Waals surface area contributed by atoms with Gasteiger partial charge in [-0.05, 0) is 46.2 Å². The van der Waals surface area contributed by atoms with Gasteiger partial charge in [0.2, 0.25) is 11.8 Å². The predicted molar refractivity (Wildman–Crippen MR) is 114 cm³/mol. The molecule has 1 fully saturated rings. The first-order chi connectivity index (χ1) is 13.8. The third kappa shape index (κ3) is 4.19. The van der Waals surface area contributed by atoms with E-state index in [4.69, 9.17) is 0 Å². The summed E-state index contributed by atoms with van der Waals surface area (Å²) in [6.45, 7) is 11.3. The second kappa shape index (κ2) is 8.37. The Labute approximate surface area is 172 Å². The zero-order chi connectivity index (χ0) is 21.2. The van der Waals surface area contributed by atoms with Gasteiger partial charge in [0.15, 0.2) is 0 Å². The third-order valence-electron chi connectivity index (χ3n) is 5.76. The maximum Gasteiger partial charge on any atom is 0.240 e. The van der Waals surface area contributed by atoms with Crippen molar-refractivity contribution in [2.24, 2.45) is 0 Å². The molecule has 3 rings (SSSR count). The van der Waals surface area contributed by atoms with Gasteiger partial charge >= 0.3 is 0 Å². The average Bonchev–Trinajstić information content (AvgIpc) is 2.95.